The molecule has 0 radical (unpaired) electrons. The second-order valence-electron chi connectivity index (χ2n) is 6.40. The van der Waals surface area contributed by atoms with Gasteiger partial charge in [0.15, 0.2) is 0 Å². The van der Waals surface area contributed by atoms with Crippen molar-refractivity contribution in [3.05, 3.63) is 101 Å². The van der Waals surface area contributed by atoms with Gasteiger partial charge in [-0.3, -0.25) is 0 Å². The van der Waals surface area contributed by atoms with Gasteiger partial charge in [0.05, 0.1) is 10.6 Å². The van der Waals surface area contributed by atoms with Crippen LogP contribution in [0.4, 0.5) is 23.7 Å². The number of benzene rings is 3. The number of carbonyl (C=O) groups is 1. The molecule has 0 spiro atoms. The zero-order chi connectivity index (χ0) is 20.9. The van der Waals surface area contributed by atoms with Gasteiger partial charge in [-0.2, -0.15) is 13.2 Å². The fraction of sp³-hybridized carbons (Fsp3) is 0.136. The summed E-state index contributed by atoms with van der Waals surface area (Å²) in [5.41, 5.74) is 1.05. The normalized spacial score (nSPS) is 11.3. The first-order valence-electron chi connectivity index (χ1n) is 8.86. The Kier molecular flexibility index (Phi) is 6.44. The van der Waals surface area contributed by atoms with Gasteiger partial charge in [0.1, 0.15) is 0 Å². The summed E-state index contributed by atoms with van der Waals surface area (Å²) in [6.45, 7) is 0.277. The molecule has 0 aliphatic heterocycles. The summed E-state index contributed by atoms with van der Waals surface area (Å²) in [4.78, 5) is 12.3. The van der Waals surface area contributed by atoms with E-state index in [0.29, 0.717) is 0 Å². The maximum Gasteiger partial charge on any atom is 0.417 e. The van der Waals surface area contributed by atoms with Crippen molar-refractivity contribution in [2.24, 2.45) is 0 Å². The van der Waals surface area contributed by atoms with Crippen molar-refractivity contribution in [3.63, 3.8) is 0 Å². The summed E-state index contributed by atoms with van der Waals surface area (Å²) in [7, 11) is 0. The predicted molar refractivity (Wildman–Crippen MR) is 108 cm³/mol. The van der Waals surface area contributed by atoms with Crippen molar-refractivity contribution in [1.29, 1.82) is 0 Å². The Morgan fingerprint density at radius 3 is 1.97 bits per heavy atom. The van der Waals surface area contributed by atoms with Crippen LogP contribution in [0.15, 0.2) is 78.9 Å². The number of alkyl halides is 3. The molecule has 3 nitrogen and oxygen atoms in total. The van der Waals surface area contributed by atoms with Gasteiger partial charge in [0, 0.05) is 18.2 Å². The van der Waals surface area contributed by atoms with Crippen LogP contribution < -0.4 is 10.6 Å². The number of hydrogen-bond donors (Lipinski definition) is 2. The number of anilines is 1. The number of hydrogen-bond acceptors (Lipinski definition) is 1. The van der Waals surface area contributed by atoms with Crippen LogP contribution in [0, 0.1) is 0 Å². The Balaban J connectivity index is 1.71. The monoisotopic (exact) mass is 418 g/mol. The molecule has 3 aromatic rings. The summed E-state index contributed by atoms with van der Waals surface area (Å²) < 4.78 is 38.9. The first-order valence-corrected chi connectivity index (χ1v) is 9.24. The Morgan fingerprint density at radius 2 is 1.45 bits per heavy atom. The maximum absolute atomic E-state index is 13.0. The van der Waals surface area contributed by atoms with E-state index in [4.69, 9.17) is 11.6 Å². The molecule has 0 bridgehead atoms. The lowest BCUT2D eigenvalue weighted by Gasteiger charge is -2.19. The van der Waals surface area contributed by atoms with Crippen molar-refractivity contribution in [3.8, 4) is 0 Å². The highest BCUT2D eigenvalue weighted by molar-refractivity contribution is 6.31. The predicted octanol–water partition coefficient (Wildman–Crippen LogP) is 6.31. The van der Waals surface area contributed by atoms with E-state index in [1.165, 1.54) is 6.07 Å². The molecule has 29 heavy (non-hydrogen) atoms. The lowest BCUT2D eigenvalue weighted by molar-refractivity contribution is -0.137. The molecule has 2 amide bonds. The summed E-state index contributed by atoms with van der Waals surface area (Å²) in [5, 5.41) is 4.75. The number of rotatable bonds is 5. The van der Waals surface area contributed by atoms with E-state index in [1.54, 1.807) is 0 Å². The topological polar surface area (TPSA) is 41.1 Å². The van der Waals surface area contributed by atoms with Gasteiger partial charge < -0.3 is 10.6 Å². The highest BCUT2D eigenvalue weighted by Gasteiger charge is 2.33. The molecule has 7 heteroatoms. The Morgan fingerprint density at radius 1 is 0.897 bits per heavy atom. The molecule has 3 aromatic carbocycles. The Bertz CT molecular complexity index is 923. The van der Waals surface area contributed by atoms with Gasteiger partial charge in [-0.1, -0.05) is 72.3 Å². The molecule has 0 aliphatic carbocycles. The second kappa shape index (κ2) is 9.01. The van der Waals surface area contributed by atoms with Crippen LogP contribution in [0.1, 0.15) is 22.6 Å². The van der Waals surface area contributed by atoms with E-state index in [1.807, 2.05) is 60.7 Å². The smallest absolute Gasteiger partial charge is 0.337 e. The molecule has 0 saturated heterocycles. The van der Waals surface area contributed by atoms with Gasteiger partial charge in [0.2, 0.25) is 0 Å². The Hall–Kier alpha value is -2.99. The molecule has 0 aliphatic rings. The van der Waals surface area contributed by atoms with E-state index in [0.717, 1.165) is 23.3 Å². The largest absolute Gasteiger partial charge is 0.417 e. The van der Waals surface area contributed by atoms with Crippen LogP contribution in [0.2, 0.25) is 5.02 Å². The number of halogens is 4. The first-order chi connectivity index (χ1) is 13.8. The van der Waals surface area contributed by atoms with Crippen LogP contribution in [0.5, 0.6) is 0 Å². The van der Waals surface area contributed by atoms with Gasteiger partial charge in [-0.05, 0) is 29.3 Å². The van der Waals surface area contributed by atoms with Crippen LogP contribution in [-0.2, 0) is 6.18 Å². The highest BCUT2D eigenvalue weighted by Crippen LogP contribution is 2.36. The molecule has 2 N–H and O–H groups in total. The SMILES string of the molecule is O=C(NCC(c1ccccc1)c1ccccc1)Nc1ccc(Cl)c(C(F)(F)F)c1. The van der Waals surface area contributed by atoms with Crippen molar-refractivity contribution < 1.29 is 18.0 Å². The van der Waals surface area contributed by atoms with E-state index >= 15 is 0 Å². The summed E-state index contributed by atoms with van der Waals surface area (Å²) in [5.74, 6) is -0.0981. The molecule has 0 unspecified atom stereocenters. The second-order valence-corrected chi connectivity index (χ2v) is 6.81. The Labute approximate surface area is 171 Å². The van der Waals surface area contributed by atoms with Crippen LogP contribution >= 0.6 is 11.6 Å². The lowest BCUT2D eigenvalue weighted by atomic mass is 9.91. The number of nitrogens with one attached hydrogen (secondary N) is 2. The summed E-state index contributed by atoms with van der Waals surface area (Å²) in [6.07, 6.45) is -4.60. The minimum atomic E-state index is -4.60. The average molecular weight is 419 g/mol. The lowest BCUT2D eigenvalue weighted by Crippen LogP contribution is -2.32. The van der Waals surface area contributed by atoms with E-state index in [9.17, 15) is 18.0 Å². The van der Waals surface area contributed by atoms with Crippen LogP contribution in [0.3, 0.4) is 0 Å². The van der Waals surface area contributed by atoms with Crippen molar-refractivity contribution in [2.45, 2.75) is 12.1 Å². The molecule has 3 rings (SSSR count). The van der Waals surface area contributed by atoms with Crippen molar-refractivity contribution >= 4 is 23.3 Å². The maximum atomic E-state index is 13.0. The number of amides is 2. The fourth-order valence-corrected chi connectivity index (χ4v) is 3.21. The molecule has 0 fully saturated rings. The van der Waals surface area contributed by atoms with E-state index in [2.05, 4.69) is 10.6 Å². The zero-order valence-corrected chi connectivity index (χ0v) is 16.0. The molecule has 0 atom stereocenters. The average Bonchev–Trinajstić information content (AvgIpc) is 2.70. The van der Waals surface area contributed by atoms with Gasteiger partial charge in [-0.25, -0.2) is 4.79 Å². The van der Waals surface area contributed by atoms with Gasteiger partial charge in [-0.15, -0.1) is 0 Å². The van der Waals surface area contributed by atoms with Crippen LogP contribution in [-0.4, -0.2) is 12.6 Å². The highest BCUT2D eigenvalue weighted by atomic mass is 35.5. The molecular weight excluding hydrogens is 401 g/mol. The third kappa shape index (κ3) is 5.51. The molecule has 0 aromatic heterocycles. The van der Waals surface area contributed by atoms with Crippen molar-refractivity contribution in [2.75, 3.05) is 11.9 Å². The van der Waals surface area contributed by atoms with Crippen molar-refractivity contribution in [1.82, 2.24) is 5.32 Å². The fourth-order valence-electron chi connectivity index (χ4n) is 2.99. The quantitative estimate of drug-likeness (QED) is 0.500. The third-order valence-electron chi connectivity index (χ3n) is 4.40. The number of carbonyl (C=O) groups excluding carboxylic acids is 1. The van der Waals surface area contributed by atoms with Gasteiger partial charge in [0.25, 0.3) is 0 Å². The van der Waals surface area contributed by atoms with E-state index < -0.39 is 22.8 Å². The minimum absolute atomic E-state index is 0.00944. The molecular formula is C22H18ClF3N2O. The summed E-state index contributed by atoms with van der Waals surface area (Å²) in [6, 6.07) is 22.0. The zero-order valence-electron chi connectivity index (χ0n) is 15.2. The van der Waals surface area contributed by atoms with E-state index in [-0.39, 0.29) is 18.2 Å². The summed E-state index contributed by atoms with van der Waals surface area (Å²) >= 11 is 5.61. The molecule has 150 valence electrons. The molecule has 0 heterocycles. The number of urea groups is 1. The van der Waals surface area contributed by atoms with Crippen LogP contribution in [0.25, 0.3) is 0 Å². The first kappa shape index (κ1) is 20.7. The molecule has 0 saturated carbocycles. The minimum Gasteiger partial charge on any atom is -0.337 e. The van der Waals surface area contributed by atoms with Gasteiger partial charge >= 0.3 is 12.2 Å². The third-order valence-corrected chi connectivity index (χ3v) is 4.73. The standard InChI is InChI=1S/C22H18ClF3N2O/c23-20-12-11-17(13-19(20)22(24,25)26)28-21(29)27-14-18(15-7-3-1-4-8-15)16-9-5-2-6-10-16/h1-13,18H,14H2,(H2,27,28,29).